The Balaban J connectivity index is 1.62. The van der Waals surface area contributed by atoms with Crippen molar-refractivity contribution in [2.45, 2.75) is 58.1 Å². The van der Waals surface area contributed by atoms with Gasteiger partial charge < -0.3 is 19.7 Å². The third kappa shape index (κ3) is 2.76. The minimum absolute atomic E-state index is 0.0452. The fourth-order valence-corrected chi connectivity index (χ4v) is 4.50. The Morgan fingerprint density at radius 3 is 2.48 bits per heavy atom. The summed E-state index contributed by atoms with van der Waals surface area (Å²) in [6, 6.07) is 0.414. The first-order chi connectivity index (χ1) is 10.9. The molecule has 132 valence electrons. The Morgan fingerprint density at radius 2 is 1.91 bits per heavy atom. The van der Waals surface area contributed by atoms with Gasteiger partial charge in [0.1, 0.15) is 0 Å². The molecule has 3 aliphatic rings. The third-order valence-electron chi connectivity index (χ3n) is 7.08. The van der Waals surface area contributed by atoms with E-state index in [0.717, 1.165) is 38.7 Å². The van der Waals surface area contributed by atoms with Crippen LogP contribution in [-0.4, -0.2) is 63.0 Å². The van der Waals surface area contributed by atoms with Crippen LogP contribution >= 0.6 is 0 Å². The molecule has 3 rings (SSSR count). The quantitative estimate of drug-likeness (QED) is 0.625. The molecule has 0 amide bonds. The molecule has 5 nitrogen and oxygen atoms in total. The van der Waals surface area contributed by atoms with Crippen LogP contribution in [0.15, 0.2) is 4.99 Å². The molecule has 2 aliphatic heterocycles. The molecule has 1 saturated carbocycles. The molecule has 5 heteroatoms. The lowest BCUT2D eigenvalue weighted by molar-refractivity contribution is -0.177. The van der Waals surface area contributed by atoms with E-state index in [4.69, 9.17) is 9.47 Å². The number of hydrogen-bond acceptors (Lipinski definition) is 3. The molecule has 2 heterocycles. The van der Waals surface area contributed by atoms with Gasteiger partial charge in [0.25, 0.3) is 0 Å². The van der Waals surface area contributed by atoms with Crippen LogP contribution in [0.1, 0.15) is 46.5 Å². The molecule has 1 aliphatic carbocycles. The van der Waals surface area contributed by atoms with Gasteiger partial charge in [-0.15, -0.1) is 0 Å². The minimum atomic E-state index is -0.0452. The van der Waals surface area contributed by atoms with Gasteiger partial charge in [0.2, 0.25) is 0 Å². The van der Waals surface area contributed by atoms with Gasteiger partial charge in [-0.05, 0) is 38.0 Å². The van der Waals surface area contributed by atoms with Crippen LogP contribution in [0.3, 0.4) is 0 Å². The Labute approximate surface area is 140 Å². The molecule has 0 bridgehead atoms. The summed E-state index contributed by atoms with van der Waals surface area (Å²) in [5, 5.41) is 3.71. The molecule has 2 atom stereocenters. The summed E-state index contributed by atoms with van der Waals surface area (Å²) >= 11 is 0. The van der Waals surface area contributed by atoms with Crippen molar-refractivity contribution in [3.8, 4) is 0 Å². The molecule has 1 N–H and O–H groups in total. The SMILES string of the molecule is CN=C(NC1CC(C)(OC)C1(C)C)N1CCC2(CCOCC2)C1. The van der Waals surface area contributed by atoms with Gasteiger partial charge in [0.15, 0.2) is 5.96 Å². The van der Waals surface area contributed by atoms with Crippen molar-refractivity contribution < 1.29 is 9.47 Å². The number of nitrogens with one attached hydrogen (secondary N) is 1. The predicted octanol–water partition coefficient (Wildman–Crippen LogP) is 2.27. The van der Waals surface area contributed by atoms with Crippen LogP contribution in [0.25, 0.3) is 0 Å². The molecule has 23 heavy (non-hydrogen) atoms. The summed E-state index contributed by atoms with van der Waals surface area (Å²) in [6.45, 7) is 10.8. The molecule has 0 aromatic heterocycles. The molecule has 3 fully saturated rings. The van der Waals surface area contributed by atoms with Crippen LogP contribution in [0.4, 0.5) is 0 Å². The van der Waals surface area contributed by atoms with Crippen LogP contribution in [0.5, 0.6) is 0 Å². The highest BCUT2D eigenvalue weighted by Crippen LogP contribution is 2.51. The van der Waals surface area contributed by atoms with Gasteiger partial charge in [-0.2, -0.15) is 0 Å². The predicted molar refractivity (Wildman–Crippen MR) is 92.8 cm³/mol. The van der Waals surface area contributed by atoms with Gasteiger partial charge in [-0.3, -0.25) is 4.99 Å². The van der Waals surface area contributed by atoms with Crippen LogP contribution in [0, 0.1) is 10.8 Å². The van der Waals surface area contributed by atoms with E-state index in [1.165, 1.54) is 19.3 Å². The molecule has 1 spiro atoms. The maximum atomic E-state index is 5.74. The largest absolute Gasteiger partial charge is 0.381 e. The second-order valence-electron chi connectivity index (χ2n) is 8.39. The van der Waals surface area contributed by atoms with Crippen molar-refractivity contribution in [3.05, 3.63) is 0 Å². The van der Waals surface area contributed by atoms with Gasteiger partial charge in [0.05, 0.1) is 5.60 Å². The zero-order valence-corrected chi connectivity index (χ0v) is 15.4. The van der Waals surface area contributed by atoms with Crippen molar-refractivity contribution in [1.29, 1.82) is 0 Å². The zero-order chi connectivity index (χ0) is 16.7. The number of nitrogens with zero attached hydrogens (tertiary/aromatic N) is 2. The Bertz CT molecular complexity index is 471. The van der Waals surface area contributed by atoms with Gasteiger partial charge in [0, 0.05) is 51.9 Å². The first-order valence-electron chi connectivity index (χ1n) is 8.97. The maximum Gasteiger partial charge on any atom is 0.193 e. The summed E-state index contributed by atoms with van der Waals surface area (Å²) < 4.78 is 11.3. The lowest BCUT2D eigenvalue weighted by Crippen LogP contribution is -2.69. The molecule has 0 radical (unpaired) electrons. The third-order valence-corrected chi connectivity index (χ3v) is 7.08. The lowest BCUT2D eigenvalue weighted by Gasteiger charge is -2.59. The van der Waals surface area contributed by atoms with Crippen molar-refractivity contribution in [1.82, 2.24) is 10.2 Å². The second kappa shape index (κ2) is 5.92. The minimum Gasteiger partial charge on any atom is -0.381 e. The molecule has 0 aromatic rings. The number of rotatable bonds is 2. The van der Waals surface area contributed by atoms with E-state index in [1.54, 1.807) is 0 Å². The highest BCUT2D eigenvalue weighted by atomic mass is 16.5. The van der Waals surface area contributed by atoms with E-state index < -0.39 is 0 Å². The monoisotopic (exact) mass is 323 g/mol. The molecular weight excluding hydrogens is 290 g/mol. The van der Waals surface area contributed by atoms with Crippen molar-refractivity contribution in [2.24, 2.45) is 15.8 Å². The Morgan fingerprint density at radius 1 is 1.22 bits per heavy atom. The molecule has 2 saturated heterocycles. The maximum absolute atomic E-state index is 5.74. The number of guanidine groups is 1. The van der Waals surface area contributed by atoms with E-state index >= 15 is 0 Å². The summed E-state index contributed by atoms with van der Waals surface area (Å²) in [5.41, 5.74) is 0.510. The summed E-state index contributed by atoms with van der Waals surface area (Å²) in [5.74, 6) is 1.06. The Kier molecular flexibility index (Phi) is 4.38. The van der Waals surface area contributed by atoms with Crippen molar-refractivity contribution in [3.63, 3.8) is 0 Å². The highest BCUT2D eigenvalue weighted by molar-refractivity contribution is 5.81. The second-order valence-corrected chi connectivity index (χ2v) is 8.39. The average molecular weight is 323 g/mol. The summed E-state index contributed by atoms with van der Waals surface area (Å²) in [7, 11) is 3.72. The van der Waals surface area contributed by atoms with Crippen molar-refractivity contribution >= 4 is 5.96 Å². The van der Waals surface area contributed by atoms with Crippen molar-refractivity contribution in [2.75, 3.05) is 40.5 Å². The smallest absolute Gasteiger partial charge is 0.193 e. The Hall–Kier alpha value is -0.810. The van der Waals surface area contributed by atoms with E-state index in [9.17, 15) is 0 Å². The topological polar surface area (TPSA) is 46.1 Å². The number of aliphatic imine (C=N–C) groups is 1. The van der Waals surface area contributed by atoms with E-state index in [1.807, 2.05) is 14.2 Å². The van der Waals surface area contributed by atoms with Crippen LogP contribution in [0.2, 0.25) is 0 Å². The van der Waals surface area contributed by atoms with Gasteiger partial charge in [-0.25, -0.2) is 0 Å². The van der Waals surface area contributed by atoms with Crippen LogP contribution < -0.4 is 5.32 Å². The van der Waals surface area contributed by atoms with E-state index in [2.05, 4.69) is 36.0 Å². The lowest BCUT2D eigenvalue weighted by atomic mass is 9.56. The number of likely N-dealkylation sites (tertiary alicyclic amines) is 1. The summed E-state index contributed by atoms with van der Waals surface area (Å²) in [4.78, 5) is 7.02. The standard InChI is InChI=1S/C18H33N3O2/c1-16(2)14(12-17(16,3)22-5)20-15(19-4)21-9-6-18(13-21)7-10-23-11-8-18/h14H,6-13H2,1-5H3,(H,19,20). The molecule has 2 unspecified atom stereocenters. The van der Waals surface area contributed by atoms with Crippen LogP contribution in [-0.2, 0) is 9.47 Å². The highest BCUT2D eigenvalue weighted by Gasteiger charge is 2.58. The fourth-order valence-electron chi connectivity index (χ4n) is 4.50. The normalized spacial score (nSPS) is 36.1. The molecular formula is C18H33N3O2. The van der Waals surface area contributed by atoms with Gasteiger partial charge >= 0.3 is 0 Å². The van der Waals surface area contributed by atoms with E-state index in [0.29, 0.717) is 11.5 Å². The zero-order valence-electron chi connectivity index (χ0n) is 15.4. The molecule has 0 aromatic carbocycles. The first-order valence-corrected chi connectivity index (χ1v) is 8.97. The average Bonchev–Trinajstić information content (AvgIpc) is 2.94. The summed E-state index contributed by atoms with van der Waals surface area (Å²) in [6.07, 6.45) is 4.68. The first kappa shape index (κ1) is 17.0. The fraction of sp³-hybridized carbons (Fsp3) is 0.944. The number of methoxy groups -OCH3 is 1. The van der Waals surface area contributed by atoms with E-state index in [-0.39, 0.29) is 11.0 Å². The number of ether oxygens (including phenoxy) is 2. The van der Waals surface area contributed by atoms with Gasteiger partial charge in [-0.1, -0.05) is 13.8 Å². The number of hydrogen-bond donors (Lipinski definition) is 1.